The fourth-order valence-corrected chi connectivity index (χ4v) is 2.87. The lowest BCUT2D eigenvalue weighted by Crippen LogP contribution is -2.39. The summed E-state index contributed by atoms with van der Waals surface area (Å²) in [5.74, 6) is 0.815. The van der Waals surface area contributed by atoms with Crippen LogP contribution in [0.2, 0.25) is 0 Å². The van der Waals surface area contributed by atoms with Gasteiger partial charge < -0.3 is 10.1 Å². The van der Waals surface area contributed by atoms with Crippen molar-refractivity contribution in [2.45, 2.75) is 19.5 Å². The van der Waals surface area contributed by atoms with Crippen LogP contribution in [0.1, 0.15) is 12.5 Å². The van der Waals surface area contributed by atoms with E-state index in [1.54, 1.807) is 7.11 Å². The minimum Gasteiger partial charge on any atom is -0.497 e. The number of anilines is 1. The first-order valence-corrected chi connectivity index (χ1v) is 8.69. The standard InChI is InChI=1S/C22H24N2O2/c1-16(24(2)15-17-8-12-21(26-3)13-9-17)22(25)23-20-11-10-18-6-4-5-7-19(18)14-20/h4-14,16H,15H2,1-3H3,(H,23,25). The Morgan fingerprint density at radius 1 is 1.04 bits per heavy atom. The second-order valence-corrected chi connectivity index (χ2v) is 6.49. The summed E-state index contributed by atoms with van der Waals surface area (Å²) in [7, 11) is 3.61. The topological polar surface area (TPSA) is 41.6 Å². The molecule has 3 aromatic rings. The Morgan fingerprint density at radius 3 is 2.42 bits per heavy atom. The van der Waals surface area contributed by atoms with E-state index in [9.17, 15) is 4.79 Å². The number of methoxy groups -OCH3 is 1. The number of fused-ring (bicyclic) bond motifs is 1. The van der Waals surface area contributed by atoms with Crippen molar-refractivity contribution in [3.05, 3.63) is 72.3 Å². The van der Waals surface area contributed by atoms with Crippen LogP contribution in [0.3, 0.4) is 0 Å². The van der Waals surface area contributed by atoms with Gasteiger partial charge in [-0.3, -0.25) is 9.69 Å². The summed E-state index contributed by atoms with van der Waals surface area (Å²) in [6.07, 6.45) is 0. The van der Waals surface area contributed by atoms with Gasteiger partial charge in [0.05, 0.1) is 13.2 Å². The monoisotopic (exact) mass is 348 g/mol. The average Bonchev–Trinajstić information content (AvgIpc) is 2.67. The number of rotatable bonds is 6. The molecule has 0 aliphatic rings. The molecule has 1 amide bonds. The van der Waals surface area contributed by atoms with E-state index in [4.69, 9.17) is 4.74 Å². The SMILES string of the molecule is COc1ccc(CN(C)C(C)C(=O)Nc2ccc3ccccc3c2)cc1. The molecule has 26 heavy (non-hydrogen) atoms. The van der Waals surface area contributed by atoms with Crippen LogP contribution in [0.4, 0.5) is 5.69 Å². The van der Waals surface area contributed by atoms with E-state index in [1.165, 1.54) is 0 Å². The third kappa shape index (κ3) is 4.21. The second-order valence-electron chi connectivity index (χ2n) is 6.49. The molecular formula is C22H24N2O2. The van der Waals surface area contributed by atoms with E-state index in [0.717, 1.165) is 27.8 Å². The Hall–Kier alpha value is -2.85. The quantitative estimate of drug-likeness (QED) is 0.722. The van der Waals surface area contributed by atoms with Gasteiger partial charge in [0.1, 0.15) is 5.75 Å². The normalized spacial score (nSPS) is 12.2. The molecule has 0 heterocycles. The van der Waals surface area contributed by atoms with Crippen LogP contribution in [0.5, 0.6) is 5.75 Å². The van der Waals surface area contributed by atoms with E-state index in [0.29, 0.717) is 6.54 Å². The minimum absolute atomic E-state index is 0.0173. The number of benzene rings is 3. The third-order valence-corrected chi connectivity index (χ3v) is 4.65. The van der Waals surface area contributed by atoms with Crippen LogP contribution < -0.4 is 10.1 Å². The fraction of sp³-hybridized carbons (Fsp3) is 0.227. The lowest BCUT2D eigenvalue weighted by molar-refractivity contribution is -0.120. The van der Waals surface area contributed by atoms with Gasteiger partial charge in [-0.25, -0.2) is 0 Å². The Labute approximate surface area is 154 Å². The molecule has 4 heteroatoms. The number of hydrogen-bond donors (Lipinski definition) is 1. The number of nitrogens with zero attached hydrogens (tertiary/aromatic N) is 1. The molecule has 0 saturated heterocycles. The molecule has 1 atom stereocenters. The Kier molecular flexibility index (Phi) is 5.54. The lowest BCUT2D eigenvalue weighted by Gasteiger charge is -2.24. The second kappa shape index (κ2) is 8.02. The first-order valence-electron chi connectivity index (χ1n) is 8.69. The highest BCUT2D eigenvalue weighted by Gasteiger charge is 2.18. The molecular weight excluding hydrogens is 324 g/mol. The maximum absolute atomic E-state index is 12.6. The van der Waals surface area contributed by atoms with Crippen LogP contribution in [0, 0.1) is 0 Å². The molecule has 1 unspecified atom stereocenters. The van der Waals surface area contributed by atoms with Crippen molar-refractivity contribution in [2.75, 3.05) is 19.5 Å². The molecule has 3 aromatic carbocycles. The smallest absolute Gasteiger partial charge is 0.241 e. The van der Waals surface area contributed by atoms with Crippen molar-refractivity contribution in [2.24, 2.45) is 0 Å². The number of hydrogen-bond acceptors (Lipinski definition) is 3. The van der Waals surface area contributed by atoms with Crippen LogP contribution in [0.15, 0.2) is 66.7 Å². The zero-order valence-corrected chi connectivity index (χ0v) is 15.4. The van der Waals surface area contributed by atoms with Gasteiger partial charge in [-0.15, -0.1) is 0 Å². The number of ether oxygens (including phenoxy) is 1. The average molecular weight is 348 g/mol. The first-order chi connectivity index (χ1) is 12.6. The summed E-state index contributed by atoms with van der Waals surface area (Å²) in [4.78, 5) is 14.6. The zero-order valence-electron chi connectivity index (χ0n) is 15.4. The third-order valence-electron chi connectivity index (χ3n) is 4.65. The van der Waals surface area contributed by atoms with Gasteiger partial charge in [-0.1, -0.05) is 42.5 Å². The highest BCUT2D eigenvalue weighted by atomic mass is 16.5. The fourth-order valence-electron chi connectivity index (χ4n) is 2.87. The molecule has 3 rings (SSSR count). The van der Waals surface area contributed by atoms with Crippen LogP contribution in [-0.4, -0.2) is 31.0 Å². The zero-order chi connectivity index (χ0) is 18.5. The number of likely N-dealkylation sites (N-methyl/N-ethyl adjacent to an activating group) is 1. The van der Waals surface area contributed by atoms with Crippen LogP contribution >= 0.6 is 0 Å². The predicted octanol–water partition coefficient (Wildman–Crippen LogP) is 4.31. The maximum atomic E-state index is 12.6. The van der Waals surface area contributed by atoms with Gasteiger partial charge in [0.15, 0.2) is 0 Å². The van der Waals surface area contributed by atoms with Crippen LogP contribution in [-0.2, 0) is 11.3 Å². The molecule has 0 radical (unpaired) electrons. The first kappa shape index (κ1) is 18.0. The molecule has 134 valence electrons. The van der Waals surface area contributed by atoms with E-state index < -0.39 is 0 Å². The number of amides is 1. The molecule has 0 saturated carbocycles. The van der Waals surface area contributed by atoms with Crippen molar-refractivity contribution >= 4 is 22.4 Å². The number of carbonyl (C=O) groups excluding carboxylic acids is 1. The van der Waals surface area contributed by atoms with E-state index >= 15 is 0 Å². The van der Waals surface area contributed by atoms with Crippen molar-refractivity contribution in [3.8, 4) is 5.75 Å². The van der Waals surface area contributed by atoms with Crippen molar-refractivity contribution in [1.29, 1.82) is 0 Å². The molecule has 4 nitrogen and oxygen atoms in total. The number of carbonyl (C=O) groups is 1. The van der Waals surface area contributed by atoms with Gasteiger partial charge in [-0.2, -0.15) is 0 Å². The van der Waals surface area contributed by atoms with E-state index in [2.05, 4.69) is 11.4 Å². The molecule has 0 aliphatic carbocycles. The highest BCUT2D eigenvalue weighted by Crippen LogP contribution is 2.19. The molecule has 0 spiro atoms. The summed E-state index contributed by atoms with van der Waals surface area (Å²) in [5, 5.41) is 5.30. The molecule has 0 aliphatic heterocycles. The Morgan fingerprint density at radius 2 is 1.73 bits per heavy atom. The summed E-state index contributed by atoms with van der Waals surface area (Å²) >= 11 is 0. The Bertz CT molecular complexity index is 890. The van der Waals surface area contributed by atoms with E-state index in [1.807, 2.05) is 79.5 Å². The van der Waals surface area contributed by atoms with Gasteiger partial charge in [0.2, 0.25) is 5.91 Å². The largest absolute Gasteiger partial charge is 0.497 e. The Balaban J connectivity index is 1.63. The van der Waals surface area contributed by atoms with Gasteiger partial charge >= 0.3 is 0 Å². The summed E-state index contributed by atoms with van der Waals surface area (Å²) < 4.78 is 5.18. The molecule has 0 bridgehead atoms. The predicted molar refractivity (Wildman–Crippen MR) is 107 cm³/mol. The molecule has 0 aromatic heterocycles. The van der Waals surface area contributed by atoms with Gasteiger partial charge in [-0.05, 0) is 54.6 Å². The van der Waals surface area contributed by atoms with Crippen molar-refractivity contribution in [3.63, 3.8) is 0 Å². The van der Waals surface area contributed by atoms with Crippen LogP contribution in [0.25, 0.3) is 10.8 Å². The van der Waals surface area contributed by atoms with Gasteiger partial charge in [0.25, 0.3) is 0 Å². The molecule has 0 fully saturated rings. The molecule has 1 N–H and O–H groups in total. The van der Waals surface area contributed by atoms with E-state index in [-0.39, 0.29) is 11.9 Å². The minimum atomic E-state index is -0.247. The van der Waals surface area contributed by atoms with Gasteiger partial charge in [0, 0.05) is 12.2 Å². The summed E-state index contributed by atoms with van der Waals surface area (Å²) in [5.41, 5.74) is 1.96. The summed E-state index contributed by atoms with van der Waals surface area (Å²) in [6.45, 7) is 2.61. The maximum Gasteiger partial charge on any atom is 0.241 e. The van der Waals surface area contributed by atoms with Crippen molar-refractivity contribution < 1.29 is 9.53 Å². The highest BCUT2D eigenvalue weighted by molar-refractivity contribution is 5.97. The number of nitrogens with one attached hydrogen (secondary N) is 1. The lowest BCUT2D eigenvalue weighted by atomic mass is 10.1. The van der Waals surface area contributed by atoms with Crippen molar-refractivity contribution in [1.82, 2.24) is 4.90 Å². The summed E-state index contributed by atoms with van der Waals surface area (Å²) in [6, 6.07) is 21.7.